The van der Waals surface area contributed by atoms with Gasteiger partial charge in [0.15, 0.2) is 5.78 Å². The van der Waals surface area contributed by atoms with E-state index in [2.05, 4.69) is 17.2 Å². The summed E-state index contributed by atoms with van der Waals surface area (Å²) in [6.07, 6.45) is 2.71. The van der Waals surface area contributed by atoms with Gasteiger partial charge >= 0.3 is 6.09 Å². The molecule has 0 aliphatic rings. The van der Waals surface area contributed by atoms with Gasteiger partial charge in [-0.1, -0.05) is 13.0 Å². The zero-order valence-electron chi connectivity index (χ0n) is 15.2. The van der Waals surface area contributed by atoms with E-state index in [1.54, 1.807) is 27.7 Å². The molecular weight excluding hydrogens is 310 g/mol. The molecule has 0 saturated heterocycles. The zero-order chi connectivity index (χ0) is 18.8. The van der Waals surface area contributed by atoms with Crippen molar-refractivity contribution >= 4 is 17.8 Å². The maximum Gasteiger partial charge on any atom is 0.407 e. The third-order valence-electron chi connectivity index (χ3n) is 3.21. The van der Waals surface area contributed by atoms with Crippen molar-refractivity contribution in [3.8, 4) is 0 Å². The second kappa shape index (κ2) is 10.8. The van der Waals surface area contributed by atoms with Gasteiger partial charge in [0.05, 0.1) is 6.04 Å². The van der Waals surface area contributed by atoms with Crippen molar-refractivity contribution in [1.82, 2.24) is 10.6 Å². The maximum atomic E-state index is 12.2. The summed E-state index contributed by atoms with van der Waals surface area (Å²) in [6.45, 7) is 11.0. The van der Waals surface area contributed by atoms with Gasteiger partial charge in [0, 0.05) is 19.0 Å². The third kappa shape index (κ3) is 10.8. The summed E-state index contributed by atoms with van der Waals surface area (Å²) >= 11 is 0. The fourth-order valence-electron chi connectivity index (χ4n) is 2.04. The van der Waals surface area contributed by atoms with Crippen LogP contribution >= 0.6 is 0 Å². The van der Waals surface area contributed by atoms with Crippen molar-refractivity contribution in [1.29, 1.82) is 0 Å². The van der Waals surface area contributed by atoms with Gasteiger partial charge in [-0.3, -0.25) is 9.59 Å². The van der Waals surface area contributed by atoms with Crippen LogP contribution in [0.2, 0.25) is 0 Å². The zero-order valence-corrected chi connectivity index (χ0v) is 15.2. The van der Waals surface area contributed by atoms with E-state index in [1.165, 1.54) is 6.08 Å². The summed E-state index contributed by atoms with van der Waals surface area (Å²) in [5.74, 6) is -0.682. The average Bonchev–Trinajstić information content (AvgIpc) is 2.46. The van der Waals surface area contributed by atoms with E-state index in [4.69, 9.17) is 10.5 Å². The molecule has 0 aromatic rings. The Labute approximate surface area is 144 Å². The van der Waals surface area contributed by atoms with Crippen molar-refractivity contribution in [2.24, 2.45) is 11.7 Å². The number of nitrogens with two attached hydrogens (primary N) is 1. The van der Waals surface area contributed by atoms with Gasteiger partial charge in [0.2, 0.25) is 5.91 Å². The molecule has 0 bridgehead atoms. The molecule has 2 atom stereocenters. The molecule has 24 heavy (non-hydrogen) atoms. The highest BCUT2D eigenvalue weighted by atomic mass is 16.6. The van der Waals surface area contributed by atoms with Gasteiger partial charge in [-0.25, -0.2) is 4.79 Å². The van der Waals surface area contributed by atoms with E-state index in [0.717, 1.165) is 12.8 Å². The normalized spacial score (nSPS) is 13.5. The highest BCUT2D eigenvalue weighted by molar-refractivity contribution is 5.87. The lowest BCUT2D eigenvalue weighted by Crippen LogP contribution is -2.41. The van der Waals surface area contributed by atoms with E-state index < -0.39 is 17.7 Å². The number of nitrogens with one attached hydrogen (secondary N) is 2. The Hall–Kier alpha value is -1.89. The fourth-order valence-corrected chi connectivity index (χ4v) is 2.04. The summed E-state index contributed by atoms with van der Waals surface area (Å²) in [6, 6.07) is -0.587. The van der Waals surface area contributed by atoms with Gasteiger partial charge in [0.25, 0.3) is 0 Å². The summed E-state index contributed by atoms with van der Waals surface area (Å²) in [5.41, 5.74) is 5.08. The van der Waals surface area contributed by atoms with E-state index in [9.17, 15) is 14.4 Å². The predicted octanol–water partition coefficient (Wildman–Crippen LogP) is 1.52. The fraction of sp³-hybridized carbons (Fsp3) is 0.706. The van der Waals surface area contributed by atoms with E-state index in [1.807, 2.05) is 0 Å². The molecule has 0 rings (SSSR count). The molecule has 0 saturated carbocycles. The first-order valence-corrected chi connectivity index (χ1v) is 8.23. The molecule has 7 heteroatoms. The lowest BCUT2D eigenvalue weighted by atomic mass is 9.93. The Morgan fingerprint density at radius 1 is 1.21 bits per heavy atom. The first-order chi connectivity index (χ1) is 11.1. The molecule has 0 aliphatic heterocycles. The minimum absolute atomic E-state index is 0.0961. The maximum absolute atomic E-state index is 12.2. The van der Waals surface area contributed by atoms with E-state index in [0.29, 0.717) is 13.0 Å². The van der Waals surface area contributed by atoms with Crippen molar-refractivity contribution in [2.45, 2.75) is 58.6 Å². The van der Waals surface area contributed by atoms with Crippen LogP contribution in [-0.4, -0.2) is 42.5 Å². The van der Waals surface area contributed by atoms with Crippen LogP contribution in [0.3, 0.4) is 0 Å². The number of alkyl carbamates (subject to hydrolysis) is 1. The Morgan fingerprint density at radius 2 is 1.83 bits per heavy atom. The van der Waals surface area contributed by atoms with Crippen molar-refractivity contribution in [2.75, 3.05) is 13.1 Å². The van der Waals surface area contributed by atoms with Crippen LogP contribution in [0.4, 0.5) is 4.79 Å². The van der Waals surface area contributed by atoms with Crippen LogP contribution in [0.5, 0.6) is 0 Å². The van der Waals surface area contributed by atoms with Crippen LogP contribution in [0.25, 0.3) is 0 Å². The molecule has 4 N–H and O–H groups in total. The number of ketones is 1. The number of hydrogen-bond acceptors (Lipinski definition) is 5. The molecule has 0 fully saturated rings. The molecular formula is C17H31N3O4. The Kier molecular flexibility index (Phi) is 9.95. The molecule has 0 aliphatic carbocycles. The number of ether oxygens (including phenoxy) is 1. The molecule has 0 radical (unpaired) electrons. The van der Waals surface area contributed by atoms with Gasteiger partial charge in [0.1, 0.15) is 5.60 Å². The molecule has 0 heterocycles. The number of hydrogen-bond donors (Lipinski definition) is 3. The van der Waals surface area contributed by atoms with Crippen molar-refractivity contribution < 1.29 is 19.1 Å². The molecule has 0 aromatic heterocycles. The quantitative estimate of drug-likeness (QED) is 0.412. The first-order valence-electron chi connectivity index (χ1n) is 8.23. The molecule has 0 aromatic carbocycles. The van der Waals surface area contributed by atoms with E-state index in [-0.39, 0.29) is 24.2 Å². The summed E-state index contributed by atoms with van der Waals surface area (Å²) < 4.78 is 5.16. The smallest absolute Gasteiger partial charge is 0.407 e. The second-order valence-corrected chi connectivity index (χ2v) is 6.76. The molecule has 2 amide bonds. The summed E-state index contributed by atoms with van der Waals surface area (Å²) in [5, 5.41) is 5.30. The van der Waals surface area contributed by atoms with Gasteiger partial charge in [-0.2, -0.15) is 0 Å². The molecule has 0 spiro atoms. The Bertz CT molecular complexity index is 442. The first kappa shape index (κ1) is 22.1. The van der Waals surface area contributed by atoms with Crippen LogP contribution < -0.4 is 16.4 Å². The third-order valence-corrected chi connectivity index (χ3v) is 3.21. The SMILES string of the molecule is C=CC(=O)NCCCCC(CNC(=O)OC(C)(C)C)C(=O)[C@H](C)N. The van der Waals surface area contributed by atoms with Gasteiger partial charge < -0.3 is 21.1 Å². The Balaban J connectivity index is 4.34. The lowest BCUT2D eigenvalue weighted by molar-refractivity contribution is -0.124. The second-order valence-electron chi connectivity index (χ2n) is 6.76. The van der Waals surface area contributed by atoms with Crippen LogP contribution in [0.15, 0.2) is 12.7 Å². The summed E-state index contributed by atoms with van der Waals surface area (Å²) in [4.78, 5) is 34.9. The lowest BCUT2D eigenvalue weighted by Gasteiger charge is -2.22. The minimum Gasteiger partial charge on any atom is -0.444 e. The van der Waals surface area contributed by atoms with Gasteiger partial charge in [-0.05, 0) is 46.6 Å². The van der Waals surface area contributed by atoms with Crippen LogP contribution in [-0.2, 0) is 14.3 Å². The molecule has 1 unspecified atom stereocenters. The number of carbonyl (C=O) groups excluding carboxylic acids is 3. The van der Waals surface area contributed by atoms with Crippen LogP contribution in [0.1, 0.15) is 47.0 Å². The van der Waals surface area contributed by atoms with Crippen molar-refractivity contribution in [3.05, 3.63) is 12.7 Å². The van der Waals surface area contributed by atoms with E-state index >= 15 is 0 Å². The topological polar surface area (TPSA) is 111 Å². The predicted molar refractivity (Wildman–Crippen MR) is 93.4 cm³/mol. The largest absolute Gasteiger partial charge is 0.444 e. The average molecular weight is 341 g/mol. The summed E-state index contributed by atoms with van der Waals surface area (Å²) in [7, 11) is 0. The number of amides is 2. The van der Waals surface area contributed by atoms with Crippen molar-refractivity contribution in [3.63, 3.8) is 0 Å². The monoisotopic (exact) mass is 341 g/mol. The molecule has 7 nitrogen and oxygen atoms in total. The van der Waals surface area contributed by atoms with Gasteiger partial charge in [-0.15, -0.1) is 0 Å². The number of carbonyl (C=O) groups is 3. The molecule has 138 valence electrons. The van der Waals surface area contributed by atoms with Crippen LogP contribution in [0, 0.1) is 5.92 Å². The minimum atomic E-state index is -0.589. The highest BCUT2D eigenvalue weighted by Crippen LogP contribution is 2.12. The Morgan fingerprint density at radius 3 is 2.33 bits per heavy atom. The highest BCUT2D eigenvalue weighted by Gasteiger charge is 2.23. The standard InChI is InChI=1S/C17H31N3O4/c1-6-14(21)19-10-8-7-9-13(15(22)12(2)18)11-20-16(23)24-17(3,4)5/h6,12-13H,1,7-11,18H2,2-5H3,(H,19,21)(H,20,23)/t12-,13?/m0/s1. The number of Topliss-reactive ketones (excluding diaryl/α,β-unsaturated/α-hetero) is 1. The number of rotatable bonds is 10. The number of unbranched alkanes of at least 4 members (excludes halogenated alkanes) is 1.